The second-order valence-electron chi connectivity index (χ2n) is 13.3. The summed E-state index contributed by atoms with van der Waals surface area (Å²) < 4.78 is 0. The van der Waals surface area contributed by atoms with Gasteiger partial charge in [-0.25, -0.2) is 0 Å². The minimum Gasteiger partial charge on any atom is -0.385 e. The molecule has 226 valence electrons. The van der Waals surface area contributed by atoms with Crippen LogP contribution in [0.5, 0.6) is 0 Å². The maximum atomic E-state index is 14.3. The predicted octanol–water partition coefficient (Wildman–Crippen LogP) is 5.19. The molecule has 2 fully saturated rings. The number of rotatable bonds is 11. The van der Waals surface area contributed by atoms with Gasteiger partial charge in [0.15, 0.2) is 5.78 Å². The number of unbranched alkanes of at least 4 members (excludes halogenated alkanes) is 2. The Labute approximate surface area is 245 Å². The average molecular weight is 567 g/mol. The van der Waals surface area contributed by atoms with Crippen LogP contribution in [0.25, 0.3) is 0 Å². The Morgan fingerprint density at radius 3 is 2.54 bits per heavy atom. The molecule has 3 N–H and O–H groups in total. The molecule has 0 saturated heterocycles. The van der Waals surface area contributed by atoms with Crippen LogP contribution in [0.15, 0.2) is 36.0 Å². The number of carbonyl (C=O) groups excluding carboxylic acids is 4. The topological polar surface area (TPSA) is 113 Å². The monoisotopic (exact) mass is 566 g/mol. The first-order chi connectivity index (χ1) is 19.5. The normalized spacial score (nSPS) is 33.6. The lowest BCUT2D eigenvalue weighted by molar-refractivity contribution is -0.144. The molecule has 1 aliphatic heterocycles. The number of hydrogen-bond donors (Lipinski definition) is 3. The summed E-state index contributed by atoms with van der Waals surface area (Å²) in [5.41, 5.74) is -1.20. The van der Waals surface area contributed by atoms with Crippen LogP contribution in [0.4, 0.5) is 0 Å². The van der Waals surface area contributed by atoms with Gasteiger partial charge in [0.05, 0.1) is 11.2 Å². The maximum absolute atomic E-state index is 14.3. The predicted molar refractivity (Wildman–Crippen MR) is 159 cm³/mol. The molecule has 4 rings (SSSR count). The van der Waals surface area contributed by atoms with Crippen molar-refractivity contribution in [3.8, 4) is 0 Å². The number of allylic oxidation sites excluding steroid dienone is 2. The molecule has 7 nitrogen and oxygen atoms in total. The van der Waals surface area contributed by atoms with Gasteiger partial charge in [0.1, 0.15) is 0 Å². The fourth-order valence-corrected chi connectivity index (χ4v) is 8.24. The Bertz CT molecular complexity index is 1100. The summed E-state index contributed by atoms with van der Waals surface area (Å²) in [5.74, 6) is -3.34. The number of hydrogen-bond acceptors (Lipinski definition) is 5. The van der Waals surface area contributed by atoms with Gasteiger partial charge in [0, 0.05) is 35.3 Å². The Hall–Kier alpha value is -2.54. The van der Waals surface area contributed by atoms with Gasteiger partial charge in [0.2, 0.25) is 5.91 Å². The van der Waals surface area contributed by atoms with Gasteiger partial charge in [-0.2, -0.15) is 0 Å². The Morgan fingerprint density at radius 1 is 1.17 bits per heavy atom. The Balaban J connectivity index is 1.57. The fraction of sp³-hybridized carbons (Fsp3) is 0.706. The molecule has 41 heavy (non-hydrogen) atoms. The van der Waals surface area contributed by atoms with Gasteiger partial charge in [-0.3, -0.25) is 24.5 Å². The first-order valence-corrected chi connectivity index (χ1v) is 16.0. The van der Waals surface area contributed by atoms with Crippen molar-refractivity contribution in [2.45, 2.75) is 110 Å². The van der Waals surface area contributed by atoms with E-state index < -0.39 is 29.3 Å². The number of ketones is 1. The van der Waals surface area contributed by atoms with E-state index in [4.69, 9.17) is 0 Å². The second-order valence-corrected chi connectivity index (χ2v) is 13.3. The van der Waals surface area contributed by atoms with Crippen molar-refractivity contribution >= 4 is 23.5 Å². The van der Waals surface area contributed by atoms with Crippen molar-refractivity contribution in [1.29, 1.82) is 0 Å². The molecule has 8 atom stereocenters. The molecule has 0 aromatic rings. The average Bonchev–Trinajstić information content (AvgIpc) is 3.24. The molecule has 4 aliphatic rings. The van der Waals surface area contributed by atoms with Crippen LogP contribution in [0.3, 0.4) is 0 Å². The molecule has 1 heterocycles. The third-order valence-electron chi connectivity index (χ3n) is 10.5. The van der Waals surface area contributed by atoms with Gasteiger partial charge < -0.3 is 10.4 Å². The molecular formula is C34H50N2O5. The van der Waals surface area contributed by atoms with Crippen molar-refractivity contribution in [3.05, 3.63) is 36.0 Å². The molecule has 3 amide bonds. The van der Waals surface area contributed by atoms with Crippen LogP contribution in [-0.2, 0) is 19.2 Å². The summed E-state index contributed by atoms with van der Waals surface area (Å²) in [5, 5.41) is 17.6. The van der Waals surface area contributed by atoms with E-state index in [1.165, 1.54) is 19.3 Å². The number of Topliss-reactive ketones (excluding diaryl/α,β-unsaturated/α-hetero) is 1. The highest BCUT2D eigenvalue weighted by Gasteiger charge is 2.56. The van der Waals surface area contributed by atoms with Crippen LogP contribution in [0.1, 0.15) is 98.3 Å². The second kappa shape index (κ2) is 13.2. The van der Waals surface area contributed by atoms with Crippen molar-refractivity contribution in [1.82, 2.24) is 10.6 Å². The number of imide groups is 1. The molecule has 3 aliphatic carbocycles. The molecule has 0 aromatic heterocycles. The first-order valence-electron chi connectivity index (χ1n) is 16.0. The third kappa shape index (κ3) is 6.45. The molecule has 0 spiro atoms. The smallest absolute Gasteiger partial charge is 0.262 e. The Kier molecular flexibility index (Phi) is 10.1. The molecule has 0 radical (unpaired) electrons. The standard InChI is InChI=1S/C34H50N2O5/c1-6-8-10-13-23(7-2)27-28(33(40)36-32(27)39)30(37)26-20(3)16-17-34(41)19-25(18-21(4)29(26)34)31(38)35-22(5)24-14-11-9-12-15-24/h7,16-17,20-26,29,41H,2,6,8-15,18-19H2,1,3-5H3,(H,35,38)(H,36,39,40)/t20?,21?,22-,23?,25?,26?,29?,34?/m1/s1. The molecular weight excluding hydrogens is 516 g/mol. The zero-order chi connectivity index (χ0) is 29.9. The number of aliphatic hydroxyl groups is 1. The number of carbonyl (C=O) groups is 4. The summed E-state index contributed by atoms with van der Waals surface area (Å²) >= 11 is 0. The summed E-state index contributed by atoms with van der Waals surface area (Å²) in [4.78, 5) is 53.7. The van der Waals surface area contributed by atoms with Crippen molar-refractivity contribution in [3.63, 3.8) is 0 Å². The Morgan fingerprint density at radius 2 is 1.88 bits per heavy atom. The molecule has 0 aromatic carbocycles. The third-order valence-corrected chi connectivity index (χ3v) is 10.5. The van der Waals surface area contributed by atoms with E-state index in [2.05, 4.69) is 31.1 Å². The van der Waals surface area contributed by atoms with E-state index in [1.54, 1.807) is 12.2 Å². The van der Waals surface area contributed by atoms with Crippen molar-refractivity contribution in [2.24, 2.45) is 41.4 Å². The van der Waals surface area contributed by atoms with E-state index in [0.717, 1.165) is 32.1 Å². The number of amides is 3. The number of fused-ring (bicyclic) bond motifs is 1. The van der Waals surface area contributed by atoms with E-state index >= 15 is 0 Å². The lowest BCUT2D eigenvalue weighted by Crippen LogP contribution is -2.57. The van der Waals surface area contributed by atoms with Gasteiger partial charge in [-0.15, -0.1) is 6.58 Å². The van der Waals surface area contributed by atoms with Crippen LogP contribution < -0.4 is 10.6 Å². The van der Waals surface area contributed by atoms with Gasteiger partial charge >= 0.3 is 0 Å². The molecule has 0 bridgehead atoms. The summed E-state index contributed by atoms with van der Waals surface area (Å²) in [6.07, 6.45) is 15.5. The molecule has 7 heteroatoms. The largest absolute Gasteiger partial charge is 0.385 e. The summed E-state index contributed by atoms with van der Waals surface area (Å²) in [7, 11) is 0. The number of nitrogens with one attached hydrogen (secondary N) is 2. The summed E-state index contributed by atoms with van der Waals surface area (Å²) in [6, 6.07) is 0.0978. The van der Waals surface area contributed by atoms with Crippen LogP contribution in [0.2, 0.25) is 0 Å². The highest BCUT2D eigenvalue weighted by Crippen LogP contribution is 2.51. The maximum Gasteiger partial charge on any atom is 0.262 e. The van der Waals surface area contributed by atoms with Gasteiger partial charge in [0.25, 0.3) is 11.8 Å². The minimum atomic E-state index is -1.35. The quantitative estimate of drug-likeness (QED) is 0.138. The lowest BCUT2D eigenvalue weighted by Gasteiger charge is -2.51. The highest BCUT2D eigenvalue weighted by molar-refractivity contribution is 6.33. The van der Waals surface area contributed by atoms with Gasteiger partial charge in [-0.05, 0) is 56.8 Å². The minimum absolute atomic E-state index is 0.0247. The van der Waals surface area contributed by atoms with Crippen molar-refractivity contribution < 1.29 is 24.3 Å². The van der Waals surface area contributed by atoms with Crippen LogP contribution in [0, 0.1) is 41.4 Å². The van der Waals surface area contributed by atoms with Gasteiger partial charge in [-0.1, -0.05) is 77.5 Å². The summed E-state index contributed by atoms with van der Waals surface area (Å²) in [6.45, 7) is 12.0. The first kappa shape index (κ1) is 31.4. The van der Waals surface area contributed by atoms with E-state index in [0.29, 0.717) is 18.8 Å². The SMILES string of the molecule is C=CC(CCCCC)C1=C(C(=O)C2C(C)C=CC3(O)CC(C(=O)N[C@H](C)C4CCCCC4)CC(C)C23)C(=O)NC1=O. The van der Waals surface area contributed by atoms with Crippen LogP contribution in [-0.4, -0.2) is 40.3 Å². The molecule has 2 saturated carbocycles. The van der Waals surface area contributed by atoms with E-state index in [9.17, 15) is 24.3 Å². The van der Waals surface area contributed by atoms with E-state index in [-0.39, 0.29) is 59.0 Å². The lowest BCUT2D eigenvalue weighted by atomic mass is 9.55. The van der Waals surface area contributed by atoms with Crippen molar-refractivity contribution in [2.75, 3.05) is 0 Å². The zero-order valence-electron chi connectivity index (χ0n) is 25.4. The fourth-order valence-electron chi connectivity index (χ4n) is 8.24. The van der Waals surface area contributed by atoms with Crippen LogP contribution >= 0.6 is 0 Å². The highest BCUT2D eigenvalue weighted by atomic mass is 16.3. The van der Waals surface area contributed by atoms with E-state index in [1.807, 2.05) is 19.9 Å². The molecule has 7 unspecified atom stereocenters. The zero-order valence-corrected chi connectivity index (χ0v) is 25.4.